The first-order chi connectivity index (χ1) is 8.33. The van der Waals surface area contributed by atoms with Crippen molar-refractivity contribution in [1.29, 1.82) is 0 Å². The molecular formula is C13H19O4P. The van der Waals surface area contributed by atoms with E-state index >= 15 is 0 Å². The largest absolute Gasteiger partial charge is 0.379 e. The average molecular weight is 270 g/mol. The van der Waals surface area contributed by atoms with Crippen LogP contribution in [0.5, 0.6) is 0 Å². The van der Waals surface area contributed by atoms with Crippen LogP contribution in [0.15, 0.2) is 30.3 Å². The number of aliphatic hydroxyl groups is 1. The van der Waals surface area contributed by atoms with Crippen LogP contribution in [0.25, 0.3) is 0 Å². The highest BCUT2D eigenvalue weighted by molar-refractivity contribution is 7.68. The molecule has 0 heterocycles. The molecule has 0 aliphatic rings. The van der Waals surface area contributed by atoms with E-state index in [0.717, 1.165) is 0 Å². The Balaban J connectivity index is 3.23. The van der Waals surface area contributed by atoms with Gasteiger partial charge in [-0.2, -0.15) is 0 Å². The van der Waals surface area contributed by atoms with Crippen LogP contribution in [0.2, 0.25) is 0 Å². The van der Waals surface area contributed by atoms with Gasteiger partial charge in [0.2, 0.25) is 0 Å². The zero-order valence-corrected chi connectivity index (χ0v) is 11.8. The van der Waals surface area contributed by atoms with Crippen LogP contribution < -0.4 is 5.30 Å². The summed E-state index contributed by atoms with van der Waals surface area (Å²) in [4.78, 5) is 11.2. The van der Waals surface area contributed by atoms with E-state index in [0.29, 0.717) is 5.30 Å². The van der Waals surface area contributed by atoms with Gasteiger partial charge in [-0.25, -0.2) is 0 Å². The minimum absolute atomic E-state index is 0.195. The summed E-state index contributed by atoms with van der Waals surface area (Å²) in [5.41, 5.74) is 0. The topological polar surface area (TPSA) is 63.6 Å². The summed E-state index contributed by atoms with van der Waals surface area (Å²) in [7, 11) is -3.49. The molecule has 18 heavy (non-hydrogen) atoms. The highest BCUT2D eigenvalue weighted by Crippen LogP contribution is 2.58. The van der Waals surface area contributed by atoms with Gasteiger partial charge in [0, 0.05) is 11.7 Å². The van der Waals surface area contributed by atoms with E-state index in [1.165, 1.54) is 13.8 Å². The van der Waals surface area contributed by atoms with Crippen LogP contribution in [-0.4, -0.2) is 22.8 Å². The second-order valence-electron chi connectivity index (χ2n) is 4.40. The van der Waals surface area contributed by atoms with Crippen LogP contribution in [0.4, 0.5) is 0 Å². The molecule has 0 fully saturated rings. The summed E-state index contributed by atoms with van der Waals surface area (Å²) in [6.45, 7) is 4.66. The highest BCUT2D eigenvalue weighted by atomic mass is 31.2. The smallest absolute Gasteiger partial charge is 0.262 e. The zero-order valence-electron chi connectivity index (χ0n) is 10.9. The maximum absolute atomic E-state index is 12.9. The summed E-state index contributed by atoms with van der Waals surface area (Å²) < 4.78 is 18.3. The Morgan fingerprint density at radius 1 is 1.39 bits per heavy atom. The van der Waals surface area contributed by atoms with E-state index in [1.807, 2.05) is 0 Å². The lowest BCUT2D eigenvalue weighted by atomic mass is 10.2. The molecule has 1 unspecified atom stereocenters. The second-order valence-corrected chi connectivity index (χ2v) is 7.24. The second kappa shape index (κ2) is 5.79. The van der Waals surface area contributed by atoms with Crippen molar-refractivity contribution in [3.63, 3.8) is 0 Å². The van der Waals surface area contributed by atoms with Crippen molar-refractivity contribution >= 4 is 18.5 Å². The number of hydrogen-bond donors (Lipinski definition) is 1. The van der Waals surface area contributed by atoms with E-state index < -0.39 is 12.7 Å². The molecule has 0 saturated carbocycles. The molecule has 4 nitrogen and oxygen atoms in total. The van der Waals surface area contributed by atoms with E-state index in [-0.39, 0.29) is 18.8 Å². The lowest BCUT2D eigenvalue weighted by molar-refractivity contribution is -0.119. The molecule has 1 aromatic carbocycles. The lowest BCUT2D eigenvalue weighted by Gasteiger charge is -2.32. The molecule has 0 aliphatic carbocycles. The number of Topliss-reactive ketones (excluding diaryl/α,β-unsaturated/α-hetero) is 1. The van der Waals surface area contributed by atoms with Crippen LogP contribution in [0, 0.1) is 0 Å². The van der Waals surface area contributed by atoms with E-state index in [9.17, 15) is 14.5 Å². The fraction of sp³-hybridized carbons (Fsp3) is 0.462. The molecule has 0 amide bonds. The first kappa shape index (κ1) is 15.1. The SMILES string of the molecule is CCOP(=O)(c1ccccc1)[C@@](C)(O)CC(C)=O. The van der Waals surface area contributed by atoms with Gasteiger partial charge >= 0.3 is 0 Å². The van der Waals surface area contributed by atoms with Gasteiger partial charge in [-0.05, 0) is 32.9 Å². The minimum atomic E-state index is -3.49. The monoisotopic (exact) mass is 270 g/mol. The Labute approximate surface area is 107 Å². The number of hydrogen-bond acceptors (Lipinski definition) is 4. The van der Waals surface area contributed by atoms with Gasteiger partial charge in [0.05, 0.1) is 6.61 Å². The molecule has 1 rings (SSSR count). The fourth-order valence-corrected chi connectivity index (χ4v) is 4.22. The van der Waals surface area contributed by atoms with Crippen molar-refractivity contribution in [1.82, 2.24) is 0 Å². The number of carbonyl (C=O) groups excluding carboxylic acids is 1. The van der Waals surface area contributed by atoms with Crippen molar-refractivity contribution < 1.29 is 19.0 Å². The molecule has 0 radical (unpaired) electrons. The number of rotatable bonds is 6. The summed E-state index contributed by atoms with van der Waals surface area (Å²) in [5, 5.41) is 9.12. The Bertz CT molecular complexity index is 453. The number of benzene rings is 1. The number of carbonyl (C=O) groups is 1. The molecule has 1 N–H and O–H groups in total. The summed E-state index contributed by atoms with van der Waals surface area (Å²) in [5.74, 6) is -0.226. The van der Waals surface area contributed by atoms with E-state index in [1.54, 1.807) is 37.3 Å². The van der Waals surface area contributed by atoms with Gasteiger partial charge in [0.1, 0.15) is 11.1 Å². The predicted octanol–water partition coefficient (Wildman–Crippen LogP) is 2.31. The van der Waals surface area contributed by atoms with Gasteiger partial charge in [0.15, 0.2) is 0 Å². The van der Waals surface area contributed by atoms with Crippen LogP contribution in [0.3, 0.4) is 0 Å². The van der Waals surface area contributed by atoms with E-state index in [4.69, 9.17) is 4.52 Å². The van der Waals surface area contributed by atoms with Crippen molar-refractivity contribution in [3.05, 3.63) is 30.3 Å². The van der Waals surface area contributed by atoms with Gasteiger partial charge in [-0.15, -0.1) is 0 Å². The molecule has 0 spiro atoms. The Kier molecular flexibility index (Phi) is 4.85. The molecule has 0 saturated heterocycles. The molecule has 5 heteroatoms. The van der Waals surface area contributed by atoms with E-state index in [2.05, 4.69) is 0 Å². The summed E-state index contributed by atoms with van der Waals surface area (Å²) in [6.07, 6.45) is -0.195. The summed E-state index contributed by atoms with van der Waals surface area (Å²) >= 11 is 0. The molecule has 0 aliphatic heterocycles. The van der Waals surface area contributed by atoms with Crippen molar-refractivity contribution in [2.24, 2.45) is 0 Å². The maximum atomic E-state index is 12.9. The van der Waals surface area contributed by atoms with Gasteiger partial charge in [0.25, 0.3) is 7.37 Å². The van der Waals surface area contributed by atoms with Gasteiger partial charge in [-0.3, -0.25) is 9.36 Å². The Morgan fingerprint density at radius 3 is 2.39 bits per heavy atom. The quantitative estimate of drug-likeness (QED) is 0.806. The Hall–Kier alpha value is -0.960. The third kappa shape index (κ3) is 3.08. The fourth-order valence-electron chi connectivity index (χ4n) is 1.87. The zero-order chi connectivity index (χ0) is 13.8. The minimum Gasteiger partial charge on any atom is -0.379 e. The molecule has 2 atom stereocenters. The average Bonchev–Trinajstić information content (AvgIpc) is 2.28. The number of ketones is 1. The summed E-state index contributed by atoms with van der Waals surface area (Å²) in [6, 6.07) is 8.53. The molecule has 1 aromatic rings. The van der Waals surface area contributed by atoms with Crippen LogP contribution in [0.1, 0.15) is 27.2 Å². The third-order valence-electron chi connectivity index (χ3n) is 2.63. The van der Waals surface area contributed by atoms with Crippen LogP contribution in [-0.2, 0) is 13.9 Å². The molecule has 0 bridgehead atoms. The van der Waals surface area contributed by atoms with Gasteiger partial charge < -0.3 is 9.63 Å². The lowest BCUT2D eigenvalue weighted by Crippen LogP contribution is -2.33. The van der Waals surface area contributed by atoms with Crippen molar-refractivity contribution in [2.45, 2.75) is 32.5 Å². The first-order valence-electron chi connectivity index (χ1n) is 5.85. The molecular weight excluding hydrogens is 251 g/mol. The van der Waals surface area contributed by atoms with Crippen molar-refractivity contribution in [2.75, 3.05) is 6.61 Å². The highest BCUT2D eigenvalue weighted by Gasteiger charge is 2.46. The van der Waals surface area contributed by atoms with Gasteiger partial charge in [-0.1, -0.05) is 18.2 Å². The normalized spacial score (nSPS) is 17.8. The predicted molar refractivity (Wildman–Crippen MR) is 71.2 cm³/mol. The van der Waals surface area contributed by atoms with Crippen molar-refractivity contribution in [3.8, 4) is 0 Å². The third-order valence-corrected chi connectivity index (χ3v) is 5.65. The maximum Gasteiger partial charge on any atom is 0.262 e. The molecule has 100 valence electrons. The first-order valence-corrected chi connectivity index (χ1v) is 7.48. The standard InChI is InChI=1S/C13H19O4P/c1-4-17-18(16,12-8-6-5-7-9-12)13(3,15)10-11(2)14/h5-9,15H,4,10H2,1-3H3/t13-,18?/m1/s1. The van der Waals surface area contributed by atoms with Crippen LogP contribution >= 0.6 is 7.37 Å². The Morgan fingerprint density at radius 2 is 1.94 bits per heavy atom. The molecule has 0 aromatic heterocycles.